The molecule has 4 nitrogen and oxygen atoms in total. The predicted octanol–water partition coefficient (Wildman–Crippen LogP) is 0.365. The largest absolute Gasteiger partial charge is 0.842 e. The Bertz CT molecular complexity index is 317. The van der Waals surface area contributed by atoms with Crippen molar-refractivity contribution >= 4 is 5.91 Å². The Hall–Kier alpha value is -1.13. The second-order valence-corrected chi connectivity index (χ2v) is 5.08. The van der Waals surface area contributed by atoms with Crippen LogP contribution in [0.5, 0.6) is 0 Å². The van der Waals surface area contributed by atoms with E-state index in [1.54, 1.807) is 34.9 Å². The summed E-state index contributed by atoms with van der Waals surface area (Å²) < 4.78 is 0.110. The molecule has 0 spiro atoms. The van der Waals surface area contributed by atoms with E-state index < -0.39 is 5.60 Å². The van der Waals surface area contributed by atoms with Crippen LogP contribution in [0.15, 0.2) is 24.3 Å². The maximum Gasteiger partial charge on any atom is 0.290 e. The van der Waals surface area contributed by atoms with E-state index in [-0.39, 0.29) is 17.0 Å². The molecule has 0 bridgehead atoms. The first-order valence-corrected chi connectivity index (χ1v) is 5.15. The second-order valence-electron chi connectivity index (χ2n) is 5.08. The molecule has 1 unspecified atom stereocenters. The number of carbonyl (C=O) groups is 1. The summed E-state index contributed by atoms with van der Waals surface area (Å²) >= 11 is 0. The molecule has 1 amide bonds. The van der Waals surface area contributed by atoms with Gasteiger partial charge in [0.15, 0.2) is 0 Å². The minimum atomic E-state index is -1.26. The summed E-state index contributed by atoms with van der Waals surface area (Å²) in [5.41, 5.74) is 2.45. The van der Waals surface area contributed by atoms with Gasteiger partial charge < -0.3 is 5.11 Å². The van der Waals surface area contributed by atoms with Gasteiger partial charge in [0.25, 0.3) is 5.91 Å². The lowest BCUT2D eigenvalue weighted by molar-refractivity contribution is -0.936. The summed E-state index contributed by atoms with van der Waals surface area (Å²) in [5, 5.41) is 12.1. The molecule has 92 valence electrons. The zero-order valence-corrected chi connectivity index (χ0v) is 10.9. The number of rotatable bonds is 5. The number of nitrogens with zero attached hydrogens (tertiary/aromatic N) is 1. The van der Waals surface area contributed by atoms with Gasteiger partial charge in [-0.25, -0.2) is 4.59 Å². The molecule has 16 heavy (non-hydrogen) atoms. The SMILES string of the molecule is C=C(C)C(=O)N[N+](C)(C)CC(C)([O-])C(=C)C. The molecular weight excluding hydrogens is 204 g/mol. The highest BCUT2D eigenvalue weighted by molar-refractivity contribution is 5.91. The van der Waals surface area contributed by atoms with Gasteiger partial charge in [0, 0.05) is 5.57 Å². The molecule has 4 heteroatoms. The topological polar surface area (TPSA) is 52.2 Å². The first kappa shape index (κ1) is 14.9. The zero-order valence-electron chi connectivity index (χ0n) is 10.9. The van der Waals surface area contributed by atoms with E-state index >= 15 is 0 Å². The van der Waals surface area contributed by atoms with Crippen LogP contribution in [0.25, 0.3) is 0 Å². The van der Waals surface area contributed by atoms with Crippen LogP contribution >= 0.6 is 0 Å². The molecule has 1 N–H and O–H groups in total. The number of likely N-dealkylation sites (N-methyl/N-ethyl adjacent to an activating group) is 1. The van der Waals surface area contributed by atoms with Crippen molar-refractivity contribution in [1.29, 1.82) is 0 Å². The first-order valence-electron chi connectivity index (χ1n) is 5.15. The Morgan fingerprint density at radius 1 is 1.38 bits per heavy atom. The van der Waals surface area contributed by atoms with Gasteiger partial charge in [-0.2, -0.15) is 5.43 Å². The number of quaternary nitrogens is 1. The monoisotopic (exact) mass is 226 g/mol. The summed E-state index contributed by atoms with van der Waals surface area (Å²) in [7, 11) is 3.53. The number of hydrogen-bond donors (Lipinski definition) is 1. The average Bonchev–Trinajstić information content (AvgIpc) is 1.99. The van der Waals surface area contributed by atoms with Gasteiger partial charge in [-0.05, 0) is 19.4 Å². The summed E-state index contributed by atoms with van der Waals surface area (Å²) in [6.07, 6.45) is 0. The van der Waals surface area contributed by atoms with Gasteiger partial charge in [-0.1, -0.05) is 19.1 Å². The van der Waals surface area contributed by atoms with Crippen LogP contribution in [0.3, 0.4) is 0 Å². The Labute approximate surface area is 97.8 Å². The van der Waals surface area contributed by atoms with Gasteiger partial charge in [0.2, 0.25) is 0 Å². The second kappa shape index (κ2) is 4.80. The number of hydrogen-bond acceptors (Lipinski definition) is 2. The maximum absolute atomic E-state index is 12.1. The van der Waals surface area contributed by atoms with Crippen LogP contribution in [0.1, 0.15) is 20.8 Å². The van der Waals surface area contributed by atoms with Crippen LogP contribution in [0.2, 0.25) is 0 Å². The molecule has 0 aliphatic heterocycles. The molecule has 0 saturated heterocycles. The molecule has 0 saturated carbocycles. The van der Waals surface area contributed by atoms with Crippen molar-refractivity contribution in [2.24, 2.45) is 0 Å². The minimum Gasteiger partial charge on any atom is -0.842 e. The molecule has 0 heterocycles. The lowest BCUT2D eigenvalue weighted by Crippen LogP contribution is -2.64. The van der Waals surface area contributed by atoms with Gasteiger partial charge >= 0.3 is 0 Å². The highest BCUT2D eigenvalue weighted by atomic mass is 16.3. The Morgan fingerprint density at radius 3 is 2.12 bits per heavy atom. The number of amides is 1. The minimum absolute atomic E-state index is 0.110. The van der Waals surface area contributed by atoms with Crippen molar-refractivity contribution < 1.29 is 14.5 Å². The Kier molecular flexibility index (Phi) is 4.46. The van der Waals surface area contributed by atoms with Crippen LogP contribution in [0, 0.1) is 0 Å². The van der Waals surface area contributed by atoms with E-state index in [9.17, 15) is 9.90 Å². The van der Waals surface area contributed by atoms with E-state index in [0.717, 1.165) is 0 Å². The first-order chi connectivity index (χ1) is 6.98. The van der Waals surface area contributed by atoms with Crippen molar-refractivity contribution in [3.8, 4) is 0 Å². The third kappa shape index (κ3) is 4.59. The molecule has 0 aromatic rings. The maximum atomic E-state index is 12.1. The van der Waals surface area contributed by atoms with E-state index in [2.05, 4.69) is 18.6 Å². The zero-order chi connectivity index (χ0) is 13.1. The van der Waals surface area contributed by atoms with Gasteiger partial charge in [-0.3, -0.25) is 4.79 Å². The summed E-state index contributed by atoms with van der Waals surface area (Å²) in [6.45, 7) is 12.4. The van der Waals surface area contributed by atoms with Gasteiger partial charge in [0.05, 0.1) is 20.6 Å². The molecule has 1 atom stereocenters. The lowest BCUT2D eigenvalue weighted by Gasteiger charge is -2.43. The quantitative estimate of drug-likeness (QED) is 0.318. The fourth-order valence-corrected chi connectivity index (χ4v) is 1.30. The van der Waals surface area contributed by atoms with Crippen molar-refractivity contribution in [1.82, 2.24) is 5.43 Å². The van der Waals surface area contributed by atoms with E-state index in [1.807, 2.05) is 0 Å². The smallest absolute Gasteiger partial charge is 0.290 e. The fraction of sp³-hybridized carbons (Fsp3) is 0.583. The van der Waals surface area contributed by atoms with E-state index in [0.29, 0.717) is 11.1 Å². The summed E-state index contributed by atoms with van der Waals surface area (Å²) in [5.74, 6) is -0.248. The molecule has 0 aromatic carbocycles. The predicted molar refractivity (Wildman–Crippen MR) is 63.2 cm³/mol. The molecule has 0 fully saturated rings. The normalized spacial score (nSPS) is 15.1. The highest BCUT2D eigenvalue weighted by Crippen LogP contribution is 2.13. The van der Waals surface area contributed by atoms with Crippen molar-refractivity contribution in [3.63, 3.8) is 0 Å². The molecule has 0 aliphatic rings. The van der Waals surface area contributed by atoms with Crippen LogP contribution in [-0.4, -0.2) is 36.7 Å². The number of nitrogens with one attached hydrogen (secondary N) is 1. The molecule has 0 aliphatic carbocycles. The summed E-state index contributed by atoms with van der Waals surface area (Å²) in [6, 6.07) is 0. The van der Waals surface area contributed by atoms with Crippen LogP contribution < -0.4 is 10.5 Å². The third-order valence-electron chi connectivity index (χ3n) is 2.39. The third-order valence-corrected chi connectivity index (χ3v) is 2.39. The summed E-state index contributed by atoms with van der Waals surface area (Å²) in [4.78, 5) is 11.5. The van der Waals surface area contributed by atoms with E-state index in [1.165, 1.54) is 0 Å². The van der Waals surface area contributed by atoms with Gasteiger partial charge in [0.1, 0.15) is 0 Å². The van der Waals surface area contributed by atoms with Gasteiger partial charge in [-0.15, -0.1) is 6.58 Å². The Balaban J connectivity index is 4.64. The Morgan fingerprint density at radius 2 is 1.81 bits per heavy atom. The highest BCUT2D eigenvalue weighted by Gasteiger charge is 2.26. The molecule has 0 radical (unpaired) electrons. The standard InChI is InChI=1S/C12H22N2O2/c1-9(2)11(15)13-14(6,7)8-12(5,16)10(3)4/h1,3,8H2,2,4-7H3,(H,13,15). The molecule has 0 aromatic heterocycles. The molecular formula is C12H22N2O2. The average molecular weight is 226 g/mol. The van der Waals surface area contributed by atoms with Crippen molar-refractivity contribution in [2.75, 3.05) is 20.6 Å². The lowest BCUT2D eigenvalue weighted by atomic mass is 9.98. The van der Waals surface area contributed by atoms with E-state index in [4.69, 9.17) is 0 Å². The molecule has 0 rings (SSSR count). The number of carbonyl (C=O) groups excluding carboxylic acids is 1. The van der Waals surface area contributed by atoms with Crippen LogP contribution in [0.4, 0.5) is 0 Å². The van der Waals surface area contributed by atoms with Crippen molar-refractivity contribution in [3.05, 3.63) is 24.3 Å². The fourth-order valence-electron chi connectivity index (χ4n) is 1.30. The van der Waals surface area contributed by atoms with Crippen LogP contribution in [-0.2, 0) is 4.79 Å². The van der Waals surface area contributed by atoms with Crippen molar-refractivity contribution in [2.45, 2.75) is 26.4 Å².